The summed E-state index contributed by atoms with van der Waals surface area (Å²) >= 11 is 0. The van der Waals surface area contributed by atoms with Crippen LogP contribution in [0.2, 0.25) is 0 Å². The summed E-state index contributed by atoms with van der Waals surface area (Å²) in [6, 6.07) is -0.614. The van der Waals surface area contributed by atoms with Crippen LogP contribution in [0.1, 0.15) is 71.1 Å². The third-order valence-corrected chi connectivity index (χ3v) is 9.24. The number of likely N-dealkylation sites (tertiary alicyclic amines) is 1. The van der Waals surface area contributed by atoms with Crippen LogP contribution in [-0.4, -0.2) is 94.1 Å². The van der Waals surface area contributed by atoms with E-state index in [1.54, 1.807) is 29.0 Å². The van der Waals surface area contributed by atoms with Gasteiger partial charge in [-0.1, -0.05) is 31.4 Å². The summed E-state index contributed by atoms with van der Waals surface area (Å²) < 4.78 is 6.76. The molecule has 1 spiro atoms. The summed E-state index contributed by atoms with van der Waals surface area (Å²) in [5.74, 6) is -1.63. The third-order valence-electron chi connectivity index (χ3n) is 9.24. The lowest BCUT2D eigenvalue weighted by Crippen LogP contribution is -2.58. The van der Waals surface area contributed by atoms with Gasteiger partial charge in [-0.25, -0.2) is 0 Å². The summed E-state index contributed by atoms with van der Waals surface area (Å²) in [4.78, 5) is 47.6. The first kappa shape index (κ1) is 27.8. The molecule has 3 amide bonds. The second-order valence-electron chi connectivity index (χ2n) is 11.6. The Bertz CT molecular complexity index is 902. The highest BCUT2D eigenvalue weighted by atomic mass is 16.5. The fourth-order valence-corrected chi connectivity index (χ4v) is 7.52. The SMILES string of the molecule is C=CCN(C)C(=O)[C@H]1[C@H]2C(=O)N(CCCCCO)C(C(=O)N(CC=C)C3CCCCC3)C23CC[C@]1(C)O3. The standard InChI is InChI=1S/C29H45N3O5/c1-5-17-30(4)25(34)22-23-26(35)32(19-11-8-12-20-33)24(29(23)16-15-28(22,3)37-29)27(36)31(18-6-2)21-13-9-7-10-14-21/h5-6,21-24,33H,1-2,7-20H2,3-4H3/t22-,23+,24?,28+,29?/m1/s1. The largest absolute Gasteiger partial charge is 0.396 e. The molecule has 0 aromatic heterocycles. The van der Waals surface area contributed by atoms with E-state index in [2.05, 4.69) is 13.2 Å². The number of carbonyl (C=O) groups excluding carboxylic acids is 3. The van der Waals surface area contributed by atoms with E-state index in [-0.39, 0.29) is 30.4 Å². The first-order valence-electron chi connectivity index (χ1n) is 14.1. The molecule has 8 nitrogen and oxygen atoms in total. The van der Waals surface area contributed by atoms with Crippen LogP contribution in [0, 0.1) is 11.8 Å². The number of ether oxygens (including phenoxy) is 1. The van der Waals surface area contributed by atoms with Gasteiger partial charge >= 0.3 is 0 Å². The minimum atomic E-state index is -0.997. The van der Waals surface area contributed by atoms with Crippen LogP contribution < -0.4 is 0 Å². The first-order valence-corrected chi connectivity index (χ1v) is 14.1. The molecule has 206 valence electrons. The highest BCUT2D eigenvalue weighted by Crippen LogP contribution is 2.63. The van der Waals surface area contributed by atoms with E-state index >= 15 is 0 Å². The maximum Gasteiger partial charge on any atom is 0.248 e. The highest BCUT2D eigenvalue weighted by molar-refractivity contribution is 5.99. The normalized spacial score (nSPS) is 32.9. The quantitative estimate of drug-likeness (QED) is 0.319. The highest BCUT2D eigenvalue weighted by Gasteiger charge is 2.78. The van der Waals surface area contributed by atoms with Crippen molar-refractivity contribution in [3.63, 3.8) is 0 Å². The topological polar surface area (TPSA) is 90.4 Å². The fraction of sp³-hybridized carbons (Fsp3) is 0.759. The molecule has 3 saturated heterocycles. The van der Waals surface area contributed by atoms with Gasteiger partial charge < -0.3 is 24.5 Å². The van der Waals surface area contributed by atoms with Crippen molar-refractivity contribution in [2.24, 2.45) is 11.8 Å². The number of aliphatic hydroxyl groups is 1. The van der Waals surface area contributed by atoms with Crippen molar-refractivity contribution in [2.75, 3.05) is 33.3 Å². The Balaban J connectivity index is 1.72. The van der Waals surface area contributed by atoms with Crippen LogP contribution >= 0.6 is 0 Å². The Morgan fingerprint density at radius 1 is 1.08 bits per heavy atom. The average molecular weight is 516 g/mol. The lowest BCUT2D eigenvalue weighted by atomic mass is 9.66. The lowest BCUT2D eigenvalue weighted by molar-refractivity contribution is -0.154. The van der Waals surface area contributed by atoms with E-state index in [1.165, 1.54) is 6.42 Å². The molecule has 3 aliphatic heterocycles. The molecule has 3 heterocycles. The van der Waals surface area contributed by atoms with Crippen molar-refractivity contribution in [1.82, 2.24) is 14.7 Å². The molecule has 1 aliphatic carbocycles. The Hall–Kier alpha value is -2.19. The average Bonchev–Trinajstić information content (AvgIpc) is 3.45. The van der Waals surface area contributed by atoms with Gasteiger partial charge in [0.05, 0.1) is 17.4 Å². The van der Waals surface area contributed by atoms with Gasteiger partial charge in [0.15, 0.2) is 0 Å². The van der Waals surface area contributed by atoms with E-state index in [4.69, 9.17) is 4.74 Å². The molecular formula is C29H45N3O5. The number of rotatable bonds is 12. The molecule has 4 aliphatic rings. The zero-order valence-electron chi connectivity index (χ0n) is 22.7. The van der Waals surface area contributed by atoms with Gasteiger partial charge in [-0.05, 0) is 51.9 Å². The Kier molecular flexibility index (Phi) is 8.48. The minimum Gasteiger partial charge on any atom is -0.396 e. The zero-order valence-corrected chi connectivity index (χ0v) is 22.7. The van der Waals surface area contributed by atoms with E-state index in [1.807, 2.05) is 11.8 Å². The number of likely N-dealkylation sites (N-methyl/N-ethyl adjacent to an activating group) is 1. The number of nitrogens with zero attached hydrogens (tertiary/aromatic N) is 3. The number of fused-ring (bicyclic) bond motifs is 1. The molecule has 0 radical (unpaired) electrons. The van der Waals surface area contributed by atoms with Crippen LogP contribution in [-0.2, 0) is 19.1 Å². The molecule has 5 atom stereocenters. The summed E-state index contributed by atoms with van der Waals surface area (Å²) in [5, 5.41) is 9.24. The van der Waals surface area contributed by atoms with Gasteiger partial charge in [0.25, 0.3) is 0 Å². The maximum absolute atomic E-state index is 14.5. The van der Waals surface area contributed by atoms with Crippen LogP contribution in [0.5, 0.6) is 0 Å². The van der Waals surface area contributed by atoms with Crippen LogP contribution in [0.25, 0.3) is 0 Å². The number of hydrogen-bond donors (Lipinski definition) is 1. The maximum atomic E-state index is 14.5. The second-order valence-corrected chi connectivity index (χ2v) is 11.6. The van der Waals surface area contributed by atoms with Gasteiger partial charge in [-0.3, -0.25) is 14.4 Å². The molecule has 0 aromatic rings. The van der Waals surface area contributed by atoms with E-state index in [9.17, 15) is 19.5 Å². The predicted octanol–water partition coefficient (Wildman–Crippen LogP) is 2.91. The molecule has 4 rings (SSSR count). The van der Waals surface area contributed by atoms with Gasteiger partial charge in [0.1, 0.15) is 11.6 Å². The van der Waals surface area contributed by atoms with Crippen molar-refractivity contribution in [3.8, 4) is 0 Å². The second kappa shape index (κ2) is 11.3. The van der Waals surface area contributed by atoms with Crippen LogP contribution in [0.15, 0.2) is 25.3 Å². The van der Waals surface area contributed by atoms with E-state index < -0.39 is 29.1 Å². The fourth-order valence-electron chi connectivity index (χ4n) is 7.52. The summed E-state index contributed by atoms with van der Waals surface area (Å²) in [6.45, 7) is 11.0. The Morgan fingerprint density at radius 2 is 1.78 bits per heavy atom. The van der Waals surface area contributed by atoms with E-state index in [0.717, 1.165) is 32.1 Å². The third kappa shape index (κ3) is 4.76. The Labute approximate surface area is 221 Å². The zero-order chi connectivity index (χ0) is 26.8. The number of hydrogen-bond acceptors (Lipinski definition) is 5. The molecule has 2 bridgehead atoms. The van der Waals surface area contributed by atoms with Crippen molar-refractivity contribution in [1.29, 1.82) is 0 Å². The van der Waals surface area contributed by atoms with Crippen molar-refractivity contribution in [2.45, 2.75) is 94.4 Å². The minimum absolute atomic E-state index is 0.0680. The van der Waals surface area contributed by atoms with Crippen molar-refractivity contribution in [3.05, 3.63) is 25.3 Å². The lowest BCUT2D eigenvalue weighted by Gasteiger charge is -2.40. The first-order chi connectivity index (χ1) is 17.8. The number of aliphatic hydroxyl groups excluding tert-OH is 1. The van der Waals surface area contributed by atoms with E-state index in [0.29, 0.717) is 45.3 Å². The smallest absolute Gasteiger partial charge is 0.248 e. The summed E-state index contributed by atoms with van der Waals surface area (Å²) in [5.41, 5.74) is -1.77. The van der Waals surface area contributed by atoms with Gasteiger partial charge in [-0.15, -0.1) is 13.2 Å². The molecule has 2 unspecified atom stereocenters. The monoisotopic (exact) mass is 515 g/mol. The number of amides is 3. The van der Waals surface area contributed by atoms with Crippen LogP contribution in [0.4, 0.5) is 0 Å². The Morgan fingerprint density at radius 3 is 2.43 bits per heavy atom. The molecule has 8 heteroatoms. The molecule has 37 heavy (non-hydrogen) atoms. The molecular weight excluding hydrogens is 470 g/mol. The molecule has 1 saturated carbocycles. The predicted molar refractivity (Wildman–Crippen MR) is 141 cm³/mol. The molecule has 1 N–H and O–H groups in total. The molecule has 4 fully saturated rings. The van der Waals surface area contributed by atoms with Gasteiger partial charge in [0, 0.05) is 39.3 Å². The number of carbonyl (C=O) groups is 3. The van der Waals surface area contributed by atoms with Gasteiger partial charge in [-0.2, -0.15) is 0 Å². The van der Waals surface area contributed by atoms with Crippen LogP contribution in [0.3, 0.4) is 0 Å². The van der Waals surface area contributed by atoms with Crippen molar-refractivity contribution < 1.29 is 24.2 Å². The number of unbranched alkanes of at least 4 members (excludes halogenated alkanes) is 2. The summed E-state index contributed by atoms with van der Waals surface area (Å²) in [6.07, 6.45) is 12.1. The molecule has 0 aromatic carbocycles. The summed E-state index contributed by atoms with van der Waals surface area (Å²) in [7, 11) is 1.73. The van der Waals surface area contributed by atoms with Gasteiger partial charge in [0.2, 0.25) is 17.7 Å². The van der Waals surface area contributed by atoms with Crippen molar-refractivity contribution >= 4 is 17.7 Å².